The van der Waals surface area contributed by atoms with Crippen molar-refractivity contribution in [2.75, 3.05) is 19.4 Å². The monoisotopic (exact) mass is 262 g/mol. The molecule has 6 heteroatoms. The highest BCUT2D eigenvalue weighted by Crippen LogP contribution is 2.26. The van der Waals surface area contributed by atoms with Crippen molar-refractivity contribution >= 4 is 34.8 Å². The zero-order valence-electron chi connectivity index (χ0n) is 8.91. The summed E-state index contributed by atoms with van der Waals surface area (Å²) in [5.41, 5.74) is 0.789. The van der Waals surface area contributed by atoms with Crippen molar-refractivity contribution < 1.29 is 8.78 Å². The van der Waals surface area contributed by atoms with E-state index in [1.807, 2.05) is 14.1 Å². The molecule has 0 aliphatic heterocycles. The number of thiocarbonyl (C=S) groups is 1. The number of hydrogen-bond donors (Lipinski definition) is 1. The van der Waals surface area contributed by atoms with Crippen LogP contribution in [-0.2, 0) is 0 Å². The molecule has 1 aromatic rings. The first-order chi connectivity index (χ1) is 7.49. The molecule has 1 N–H and O–H groups in total. The summed E-state index contributed by atoms with van der Waals surface area (Å²) in [6.45, 7) is 0. The standard InChI is InChI=1S/C10H12F2N2S2/c1-14(2)10(15)13-7-3-5-8(6-4-7)16-9(11)12/h3-6,9H,1-2H3,(H,13,15). The van der Waals surface area contributed by atoms with Crippen LogP contribution in [0, 0.1) is 0 Å². The van der Waals surface area contributed by atoms with Gasteiger partial charge in [0.05, 0.1) is 0 Å². The van der Waals surface area contributed by atoms with Crippen LogP contribution in [-0.4, -0.2) is 29.9 Å². The predicted octanol–water partition coefficient (Wildman–Crippen LogP) is 3.26. The number of benzene rings is 1. The van der Waals surface area contributed by atoms with Gasteiger partial charge in [0.2, 0.25) is 0 Å². The topological polar surface area (TPSA) is 15.3 Å². The highest BCUT2D eigenvalue weighted by Gasteiger charge is 2.05. The van der Waals surface area contributed by atoms with E-state index in [1.165, 1.54) is 0 Å². The van der Waals surface area contributed by atoms with Gasteiger partial charge in [0, 0.05) is 24.7 Å². The lowest BCUT2D eigenvalue weighted by atomic mass is 10.3. The Kier molecular flexibility index (Phi) is 4.95. The molecule has 0 aromatic heterocycles. The van der Waals surface area contributed by atoms with Gasteiger partial charge in [-0.25, -0.2) is 0 Å². The third kappa shape index (κ3) is 4.32. The molecule has 1 rings (SSSR count). The van der Waals surface area contributed by atoms with E-state index < -0.39 is 5.76 Å². The lowest BCUT2D eigenvalue weighted by molar-refractivity contribution is 0.252. The third-order valence-corrected chi connectivity index (χ3v) is 2.93. The molecule has 0 saturated carbocycles. The summed E-state index contributed by atoms with van der Waals surface area (Å²) in [5.74, 6) is -2.39. The van der Waals surface area contributed by atoms with E-state index >= 15 is 0 Å². The molecule has 0 bridgehead atoms. The van der Waals surface area contributed by atoms with Crippen molar-refractivity contribution in [1.82, 2.24) is 4.90 Å². The molecule has 0 radical (unpaired) electrons. The van der Waals surface area contributed by atoms with Crippen molar-refractivity contribution in [3.63, 3.8) is 0 Å². The summed E-state index contributed by atoms with van der Waals surface area (Å²) in [6.07, 6.45) is 0. The molecule has 0 saturated heterocycles. The molecule has 2 nitrogen and oxygen atoms in total. The first-order valence-corrected chi connectivity index (χ1v) is 5.81. The van der Waals surface area contributed by atoms with Crippen LogP contribution in [0.2, 0.25) is 0 Å². The van der Waals surface area contributed by atoms with Crippen LogP contribution in [0.5, 0.6) is 0 Å². The lowest BCUT2D eigenvalue weighted by Crippen LogP contribution is -2.26. The van der Waals surface area contributed by atoms with E-state index in [4.69, 9.17) is 12.2 Å². The fourth-order valence-corrected chi connectivity index (χ4v) is 1.57. The van der Waals surface area contributed by atoms with E-state index in [1.54, 1.807) is 29.2 Å². The molecule has 1 aromatic carbocycles. The van der Waals surface area contributed by atoms with E-state index in [9.17, 15) is 8.78 Å². The number of thioether (sulfide) groups is 1. The summed E-state index contributed by atoms with van der Waals surface area (Å²) in [7, 11) is 3.66. The first-order valence-electron chi connectivity index (χ1n) is 4.52. The van der Waals surface area contributed by atoms with Crippen molar-refractivity contribution in [3.05, 3.63) is 24.3 Å². The average molecular weight is 262 g/mol. The maximum atomic E-state index is 12.1. The lowest BCUT2D eigenvalue weighted by Gasteiger charge is -2.15. The number of rotatable bonds is 3. The Hall–Kier alpha value is -0.880. The Morgan fingerprint density at radius 2 is 1.88 bits per heavy atom. The van der Waals surface area contributed by atoms with Crippen LogP contribution in [0.15, 0.2) is 29.2 Å². The van der Waals surface area contributed by atoms with E-state index in [-0.39, 0.29) is 0 Å². The average Bonchev–Trinajstić information content (AvgIpc) is 2.20. The van der Waals surface area contributed by atoms with Gasteiger partial charge in [0.25, 0.3) is 5.76 Å². The van der Waals surface area contributed by atoms with Crippen molar-refractivity contribution in [2.24, 2.45) is 0 Å². The Balaban J connectivity index is 2.61. The minimum atomic E-state index is -2.39. The second-order valence-corrected chi connectivity index (χ2v) is 4.68. The minimum Gasteiger partial charge on any atom is -0.355 e. The van der Waals surface area contributed by atoms with Crippen molar-refractivity contribution in [2.45, 2.75) is 10.7 Å². The molecular formula is C10H12F2N2S2. The fraction of sp³-hybridized carbons (Fsp3) is 0.300. The zero-order valence-corrected chi connectivity index (χ0v) is 10.5. The SMILES string of the molecule is CN(C)C(=S)Nc1ccc(SC(F)F)cc1. The molecule has 0 unspecified atom stereocenters. The fourth-order valence-electron chi connectivity index (χ4n) is 0.955. The Labute approximate surface area is 103 Å². The van der Waals surface area contributed by atoms with Gasteiger partial charge >= 0.3 is 0 Å². The number of hydrogen-bond acceptors (Lipinski definition) is 2. The molecule has 16 heavy (non-hydrogen) atoms. The number of nitrogens with zero attached hydrogens (tertiary/aromatic N) is 1. The van der Waals surface area contributed by atoms with Gasteiger partial charge in [0.1, 0.15) is 0 Å². The van der Waals surface area contributed by atoms with Crippen LogP contribution in [0.4, 0.5) is 14.5 Å². The second kappa shape index (κ2) is 6.00. The van der Waals surface area contributed by atoms with E-state index in [0.29, 0.717) is 21.8 Å². The molecule has 88 valence electrons. The van der Waals surface area contributed by atoms with Gasteiger partial charge in [-0.05, 0) is 36.5 Å². The predicted molar refractivity (Wildman–Crippen MR) is 68.2 cm³/mol. The summed E-state index contributed by atoms with van der Waals surface area (Å²) in [4.78, 5) is 2.30. The van der Waals surface area contributed by atoms with Gasteiger partial charge in [-0.2, -0.15) is 8.78 Å². The van der Waals surface area contributed by atoms with Crippen LogP contribution >= 0.6 is 24.0 Å². The summed E-state index contributed by atoms with van der Waals surface area (Å²) in [5, 5.41) is 3.56. The maximum Gasteiger partial charge on any atom is 0.288 e. The van der Waals surface area contributed by atoms with Gasteiger partial charge in [-0.15, -0.1) is 0 Å². The number of anilines is 1. The molecule has 0 spiro atoms. The Morgan fingerprint density at radius 3 is 2.31 bits per heavy atom. The molecule has 0 heterocycles. The Morgan fingerprint density at radius 1 is 1.31 bits per heavy atom. The molecular weight excluding hydrogens is 250 g/mol. The van der Waals surface area contributed by atoms with Gasteiger partial charge in [-0.3, -0.25) is 0 Å². The summed E-state index contributed by atoms with van der Waals surface area (Å²) < 4.78 is 24.1. The van der Waals surface area contributed by atoms with E-state index in [0.717, 1.165) is 5.69 Å². The van der Waals surface area contributed by atoms with E-state index in [2.05, 4.69) is 5.32 Å². The van der Waals surface area contributed by atoms with Crippen molar-refractivity contribution in [1.29, 1.82) is 0 Å². The molecule has 0 fully saturated rings. The zero-order chi connectivity index (χ0) is 12.1. The summed E-state index contributed by atoms with van der Waals surface area (Å²) >= 11 is 5.58. The van der Waals surface area contributed by atoms with Crippen LogP contribution < -0.4 is 5.32 Å². The Bertz CT molecular complexity index is 352. The first kappa shape index (κ1) is 13.2. The number of alkyl halides is 2. The van der Waals surface area contributed by atoms with Crippen LogP contribution in [0.1, 0.15) is 0 Å². The van der Waals surface area contributed by atoms with Gasteiger partial charge in [0.15, 0.2) is 5.11 Å². The minimum absolute atomic E-state index is 0.528. The smallest absolute Gasteiger partial charge is 0.288 e. The quantitative estimate of drug-likeness (QED) is 0.664. The molecule has 0 amide bonds. The largest absolute Gasteiger partial charge is 0.355 e. The highest BCUT2D eigenvalue weighted by atomic mass is 32.2. The van der Waals surface area contributed by atoms with Gasteiger partial charge in [-0.1, -0.05) is 11.8 Å². The van der Waals surface area contributed by atoms with Crippen LogP contribution in [0.3, 0.4) is 0 Å². The molecule has 0 aliphatic carbocycles. The van der Waals surface area contributed by atoms with Gasteiger partial charge < -0.3 is 10.2 Å². The number of halogens is 2. The normalized spacial score (nSPS) is 10.3. The van der Waals surface area contributed by atoms with Crippen LogP contribution in [0.25, 0.3) is 0 Å². The highest BCUT2D eigenvalue weighted by molar-refractivity contribution is 7.99. The third-order valence-electron chi connectivity index (χ3n) is 1.74. The number of nitrogens with one attached hydrogen (secondary N) is 1. The molecule has 0 atom stereocenters. The summed E-state index contributed by atoms with van der Waals surface area (Å²) in [6, 6.07) is 6.72. The second-order valence-electron chi connectivity index (χ2n) is 3.23. The maximum absolute atomic E-state index is 12.1. The van der Waals surface area contributed by atoms with Crippen molar-refractivity contribution in [3.8, 4) is 0 Å². The molecule has 0 aliphatic rings.